The van der Waals surface area contributed by atoms with Gasteiger partial charge < -0.3 is 10.1 Å². The average molecular weight is 199 g/mol. The van der Waals surface area contributed by atoms with Crippen LogP contribution < -0.4 is 5.32 Å². The fourth-order valence-electron chi connectivity index (χ4n) is 2.85. The fourth-order valence-corrected chi connectivity index (χ4v) is 2.85. The van der Waals surface area contributed by atoms with E-state index in [1.807, 2.05) is 0 Å². The van der Waals surface area contributed by atoms with Crippen molar-refractivity contribution in [3.8, 4) is 0 Å². The highest BCUT2D eigenvalue weighted by atomic mass is 16.5. The number of ether oxygens (including phenoxy) is 1. The Bertz CT molecular complexity index is 171. The molecule has 0 bridgehead atoms. The lowest BCUT2D eigenvalue weighted by atomic mass is 9.65. The highest BCUT2D eigenvalue weighted by Gasteiger charge is 2.43. The second kappa shape index (κ2) is 4.63. The van der Waals surface area contributed by atoms with Gasteiger partial charge in [0.1, 0.15) is 0 Å². The first kappa shape index (κ1) is 12.0. The molecule has 0 amide bonds. The Hall–Kier alpha value is -0.0800. The zero-order valence-corrected chi connectivity index (χ0v) is 10.2. The summed E-state index contributed by atoms with van der Waals surface area (Å²) in [7, 11) is 2.10. The van der Waals surface area contributed by atoms with E-state index in [-0.39, 0.29) is 0 Å². The third-order valence-corrected chi connectivity index (χ3v) is 4.00. The average Bonchev–Trinajstić information content (AvgIpc) is 2.18. The maximum absolute atomic E-state index is 5.46. The van der Waals surface area contributed by atoms with E-state index >= 15 is 0 Å². The summed E-state index contributed by atoms with van der Waals surface area (Å²) in [5.41, 5.74) is 0.668. The molecule has 0 unspecified atom stereocenters. The van der Waals surface area contributed by atoms with Crippen molar-refractivity contribution in [2.75, 3.05) is 20.3 Å². The first-order valence-corrected chi connectivity index (χ1v) is 5.85. The molecule has 84 valence electrons. The molecule has 2 heteroatoms. The lowest BCUT2D eigenvalue weighted by Gasteiger charge is -2.49. The Morgan fingerprint density at radius 3 is 2.29 bits per heavy atom. The molecular weight excluding hydrogens is 174 g/mol. The van der Waals surface area contributed by atoms with Crippen LogP contribution in [0.15, 0.2) is 0 Å². The molecule has 2 nitrogen and oxygen atoms in total. The van der Waals surface area contributed by atoms with Crippen molar-refractivity contribution in [3.05, 3.63) is 0 Å². The van der Waals surface area contributed by atoms with Crippen LogP contribution in [0.5, 0.6) is 0 Å². The molecule has 0 aromatic heterocycles. The number of hydrogen-bond donors (Lipinski definition) is 1. The molecule has 0 spiro atoms. The van der Waals surface area contributed by atoms with Gasteiger partial charge in [0.2, 0.25) is 0 Å². The van der Waals surface area contributed by atoms with E-state index in [9.17, 15) is 0 Å². The van der Waals surface area contributed by atoms with Crippen LogP contribution in [-0.4, -0.2) is 25.8 Å². The number of hydrogen-bond acceptors (Lipinski definition) is 2. The van der Waals surface area contributed by atoms with Gasteiger partial charge in [-0.25, -0.2) is 0 Å². The summed E-state index contributed by atoms with van der Waals surface area (Å²) in [6, 6.07) is 0. The molecule has 0 aliphatic carbocycles. The van der Waals surface area contributed by atoms with Crippen molar-refractivity contribution < 1.29 is 4.74 Å². The first-order chi connectivity index (χ1) is 6.58. The topological polar surface area (TPSA) is 21.3 Å². The molecule has 1 rings (SSSR count). The van der Waals surface area contributed by atoms with Gasteiger partial charge in [0.05, 0.1) is 0 Å². The molecule has 0 aromatic carbocycles. The Morgan fingerprint density at radius 1 is 1.29 bits per heavy atom. The molecule has 0 saturated carbocycles. The van der Waals surface area contributed by atoms with Gasteiger partial charge in [0, 0.05) is 18.8 Å². The molecule has 0 aromatic rings. The lowest BCUT2D eigenvalue weighted by Crippen LogP contribution is -2.57. The Labute approximate surface area is 88.4 Å². The van der Waals surface area contributed by atoms with Crippen molar-refractivity contribution >= 4 is 0 Å². The Balaban J connectivity index is 2.75. The summed E-state index contributed by atoms with van der Waals surface area (Å²) in [5.74, 6) is 0. The fraction of sp³-hybridized carbons (Fsp3) is 1.00. The first-order valence-electron chi connectivity index (χ1n) is 5.85. The van der Waals surface area contributed by atoms with Gasteiger partial charge in [0.25, 0.3) is 0 Å². The molecule has 1 aliphatic rings. The quantitative estimate of drug-likeness (QED) is 0.751. The van der Waals surface area contributed by atoms with Crippen LogP contribution in [0.2, 0.25) is 0 Å². The minimum absolute atomic E-state index is 0.293. The highest BCUT2D eigenvalue weighted by Crippen LogP contribution is 2.41. The molecule has 0 radical (unpaired) electrons. The van der Waals surface area contributed by atoms with Crippen LogP contribution in [-0.2, 0) is 4.74 Å². The molecule has 1 fully saturated rings. The highest BCUT2D eigenvalue weighted by molar-refractivity contribution is 5.00. The van der Waals surface area contributed by atoms with Gasteiger partial charge in [-0.3, -0.25) is 0 Å². The molecule has 0 atom stereocenters. The van der Waals surface area contributed by atoms with E-state index in [2.05, 4.69) is 33.1 Å². The third kappa shape index (κ3) is 2.12. The predicted molar refractivity (Wildman–Crippen MR) is 60.5 cm³/mol. The SMILES string of the molecule is CCCC(C)(C)C1(NC)CCOCC1. The molecule has 1 saturated heterocycles. The van der Waals surface area contributed by atoms with Gasteiger partial charge in [-0.05, 0) is 31.7 Å². The lowest BCUT2D eigenvalue weighted by molar-refractivity contribution is -0.0178. The number of rotatable bonds is 4. The zero-order valence-electron chi connectivity index (χ0n) is 10.2. The van der Waals surface area contributed by atoms with Gasteiger partial charge >= 0.3 is 0 Å². The second-order valence-corrected chi connectivity index (χ2v) is 5.08. The van der Waals surface area contributed by atoms with Crippen LogP contribution in [0, 0.1) is 5.41 Å². The van der Waals surface area contributed by atoms with Crippen LogP contribution in [0.25, 0.3) is 0 Å². The molecule has 1 N–H and O–H groups in total. The normalized spacial score (nSPS) is 22.3. The van der Waals surface area contributed by atoms with E-state index in [0.717, 1.165) is 26.1 Å². The van der Waals surface area contributed by atoms with Gasteiger partial charge in [-0.2, -0.15) is 0 Å². The molecule has 1 aliphatic heterocycles. The van der Waals surface area contributed by atoms with Crippen LogP contribution in [0.3, 0.4) is 0 Å². The van der Waals surface area contributed by atoms with Crippen LogP contribution in [0.1, 0.15) is 46.5 Å². The summed E-state index contributed by atoms with van der Waals surface area (Å²) in [6.45, 7) is 8.86. The van der Waals surface area contributed by atoms with Crippen molar-refractivity contribution in [2.45, 2.75) is 52.0 Å². The summed E-state index contributed by atoms with van der Waals surface area (Å²) in [4.78, 5) is 0. The predicted octanol–water partition coefficient (Wildman–Crippen LogP) is 2.58. The van der Waals surface area contributed by atoms with Crippen LogP contribution in [0.4, 0.5) is 0 Å². The van der Waals surface area contributed by atoms with Gasteiger partial charge in [-0.1, -0.05) is 27.2 Å². The van der Waals surface area contributed by atoms with Gasteiger partial charge in [0.15, 0.2) is 0 Å². The van der Waals surface area contributed by atoms with Crippen molar-refractivity contribution in [2.24, 2.45) is 5.41 Å². The molecule has 14 heavy (non-hydrogen) atoms. The zero-order chi connectivity index (χ0) is 10.7. The van der Waals surface area contributed by atoms with E-state index in [1.165, 1.54) is 12.8 Å². The second-order valence-electron chi connectivity index (χ2n) is 5.08. The van der Waals surface area contributed by atoms with E-state index < -0.39 is 0 Å². The van der Waals surface area contributed by atoms with Crippen LogP contribution >= 0.6 is 0 Å². The number of nitrogens with one attached hydrogen (secondary N) is 1. The van der Waals surface area contributed by atoms with Crippen molar-refractivity contribution in [3.63, 3.8) is 0 Å². The standard InChI is InChI=1S/C12H25NO/c1-5-6-11(2,3)12(13-4)7-9-14-10-8-12/h13H,5-10H2,1-4H3. The molecule has 1 heterocycles. The van der Waals surface area contributed by atoms with E-state index in [0.29, 0.717) is 11.0 Å². The molecular formula is C12H25NO. The van der Waals surface area contributed by atoms with Crippen molar-refractivity contribution in [1.29, 1.82) is 0 Å². The van der Waals surface area contributed by atoms with E-state index in [4.69, 9.17) is 4.74 Å². The minimum atomic E-state index is 0.293. The largest absolute Gasteiger partial charge is 0.381 e. The Morgan fingerprint density at radius 2 is 1.86 bits per heavy atom. The maximum Gasteiger partial charge on any atom is 0.0483 e. The summed E-state index contributed by atoms with van der Waals surface area (Å²) in [5, 5.41) is 3.56. The van der Waals surface area contributed by atoms with Crippen molar-refractivity contribution in [1.82, 2.24) is 5.32 Å². The maximum atomic E-state index is 5.46. The summed E-state index contributed by atoms with van der Waals surface area (Å²) in [6.07, 6.45) is 4.85. The van der Waals surface area contributed by atoms with Gasteiger partial charge in [-0.15, -0.1) is 0 Å². The smallest absolute Gasteiger partial charge is 0.0483 e. The summed E-state index contributed by atoms with van der Waals surface area (Å²) >= 11 is 0. The Kier molecular flexibility index (Phi) is 3.96. The minimum Gasteiger partial charge on any atom is -0.381 e. The summed E-state index contributed by atoms with van der Waals surface area (Å²) < 4.78 is 5.46. The van der Waals surface area contributed by atoms with E-state index in [1.54, 1.807) is 0 Å². The third-order valence-electron chi connectivity index (χ3n) is 4.00. The monoisotopic (exact) mass is 199 g/mol.